The Balaban J connectivity index is 1.54. The summed E-state index contributed by atoms with van der Waals surface area (Å²) in [6, 6.07) is 14.3. The van der Waals surface area contributed by atoms with Gasteiger partial charge in [0, 0.05) is 42.6 Å². The molecule has 0 radical (unpaired) electrons. The van der Waals surface area contributed by atoms with Crippen LogP contribution in [0.15, 0.2) is 78.5 Å². The number of terminal acetylenes is 1. The van der Waals surface area contributed by atoms with Crippen LogP contribution < -0.4 is 0 Å². The summed E-state index contributed by atoms with van der Waals surface area (Å²) in [5.74, 6) is 1.02. The summed E-state index contributed by atoms with van der Waals surface area (Å²) in [6.07, 6.45) is 10.1. The van der Waals surface area contributed by atoms with E-state index in [-0.39, 0.29) is 36.7 Å². The van der Waals surface area contributed by atoms with Crippen LogP contribution in [0.5, 0.6) is 0 Å². The van der Waals surface area contributed by atoms with Crippen molar-refractivity contribution in [3.63, 3.8) is 0 Å². The Morgan fingerprint density at radius 1 is 1.14 bits per heavy atom. The van der Waals surface area contributed by atoms with Crippen molar-refractivity contribution < 1.29 is 22.4 Å². The molecule has 1 aliphatic rings. The number of benzene rings is 2. The first-order valence-corrected chi connectivity index (χ1v) is 13.3. The summed E-state index contributed by atoms with van der Waals surface area (Å²) >= 11 is 0. The lowest BCUT2D eigenvalue weighted by molar-refractivity contribution is -0.132. The minimum Gasteiger partial charge on any atom is -0.331 e. The highest BCUT2D eigenvalue weighted by Gasteiger charge is 2.30. The molecular weight excluding hydrogens is 493 g/mol. The van der Waals surface area contributed by atoms with Gasteiger partial charge in [-0.25, -0.2) is 12.8 Å². The molecule has 1 aliphatic heterocycles. The summed E-state index contributed by atoms with van der Waals surface area (Å²) in [4.78, 5) is 28.7. The number of nitrogens with zero attached hydrogens (tertiary/aromatic N) is 3. The summed E-state index contributed by atoms with van der Waals surface area (Å²) in [7, 11) is -1.82. The van der Waals surface area contributed by atoms with Crippen LogP contribution in [-0.2, 0) is 27.6 Å². The maximum absolute atomic E-state index is 14.9. The number of aromatic nitrogens is 1. The molecule has 1 unspecified atom stereocenters. The van der Waals surface area contributed by atoms with Gasteiger partial charge in [0.05, 0.1) is 24.8 Å². The second-order valence-corrected chi connectivity index (χ2v) is 10.8. The molecule has 2 heterocycles. The topological polar surface area (TPSA) is 79.7 Å². The predicted octanol–water partition coefficient (Wildman–Crippen LogP) is 3.20. The second-order valence-electron chi connectivity index (χ2n) is 8.85. The molecule has 4 rings (SSSR count). The van der Waals surface area contributed by atoms with E-state index in [9.17, 15) is 22.4 Å². The minimum atomic E-state index is -3.43. The molecule has 0 saturated carbocycles. The van der Waals surface area contributed by atoms with Crippen molar-refractivity contribution in [1.29, 1.82) is 0 Å². The zero-order chi connectivity index (χ0) is 26.6. The zero-order valence-corrected chi connectivity index (χ0v) is 21.1. The molecule has 1 atom stereocenters. The quantitative estimate of drug-likeness (QED) is 0.428. The average Bonchev–Trinajstić information content (AvgIpc) is 3.53. The molecular formula is C28H26FN3O4S. The summed E-state index contributed by atoms with van der Waals surface area (Å²) < 4.78 is 40.8. The molecule has 2 aromatic carbocycles. The molecule has 0 saturated heterocycles. The molecule has 0 spiro atoms. The smallest absolute Gasteiger partial charge is 0.254 e. The third-order valence-electron chi connectivity index (χ3n) is 6.14. The standard InChI is InChI=1S/C28H26FN3O4S/c1-3-13-30(2)28(34)22-8-6-21(7-9-22)19-32(25-12-16-37(35,36)20-25)27(33)17-23-10-11-24(18-26(23)29)31-14-4-5-15-31/h1,4-12,14-16,18,25H,13,17,19-20H2,2H3. The van der Waals surface area contributed by atoms with Gasteiger partial charge in [-0.05, 0) is 53.6 Å². The summed E-state index contributed by atoms with van der Waals surface area (Å²) in [5.41, 5.74) is 1.98. The van der Waals surface area contributed by atoms with Crippen LogP contribution in [0.1, 0.15) is 21.5 Å². The number of halogens is 1. The first kappa shape index (κ1) is 25.9. The van der Waals surface area contributed by atoms with Gasteiger partial charge in [-0.15, -0.1) is 6.42 Å². The minimum absolute atomic E-state index is 0.0983. The molecule has 190 valence electrons. The third-order valence-corrected chi connectivity index (χ3v) is 7.52. The largest absolute Gasteiger partial charge is 0.331 e. The number of carbonyl (C=O) groups is 2. The normalized spacial score (nSPS) is 15.8. The summed E-state index contributed by atoms with van der Waals surface area (Å²) in [5, 5.41) is 1.10. The van der Waals surface area contributed by atoms with Crippen molar-refractivity contribution in [2.24, 2.45) is 0 Å². The van der Waals surface area contributed by atoms with Crippen molar-refractivity contribution in [2.45, 2.75) is 19.0 Å². The van der Waals surface area contributed by atoms with Crippen LogP contribution in [0.3, 0.4) is 0 Å². The molecule has 37 heavy (non-hydrogen) atoms. The van der Waals surface area contributed by atoms with Gasteiger partial charge in [0.15, 0.2) is 9.84 Å². The number of carbonyl (C=O) groups excluding carboxylic acids is 2. The lowest BCUT2D eigenvalue weighted by Gasteiger charge is -2.28. The van der Waals surface area contributed by atoms with Gasteiger partial charge in [0.25, 0.3) is 5.91 Å². The molecule has 0 fully saturated rings. The van der Waals surface area contributed by atoms with Gasteiger partial charge in [-0.2, -0.15) is 0 Å². The predicted molar refractivity (Wildman–Crippen MR) is 139 cm³/mol. The monoisotopic (exact) mass is 519 g/mol. The van der Waals surface area contributed by atoms with Crippen LogP contribution >= 0.6 is 0 Å². The fourth-order valence-electron chi connectivity index (χ4n) is 4.13. The third kappa shape index (κ3) is 6.16. The van der Waals surface area contributed by atoms with E-state index in [1.807, 2.05) is 12.1 Å². The fraction of sp³-hybridized carbons (Fsp3) is 0.214. The van der Waals surface area contributed by atoms with E-state index >= 15 is 0 Å². The Hall–Kier alpha value is -4.16. The van der Waals surface area contributed by atoms with Crippen LogP contribution in [0.4, 0.5) is 4.39 Å². The van der Waals surface area contributed by atoms with E-state index < -0.39 is 27.6 Å². The Morgan fingerprint density at radius 2 is 1.84 bits per heavy atom. The number of hydrogen-bond acceptors (Lipinski definition) is 4. The van der Waals surface area contributed by atoms with E-state index in [4.69, 9.17) is 6.42 Å². The van der Waals surface area contributed by atoms with Gasteiger partial charge in [-0.3, -0.25) is 9.59 Å². The zero-order valence-electron chi connectivity index (χ0n) is 20.2. The van der Waals surface area contributed by atoms with Gasteiger partial charge in [-0.1, -0.05) is 24.1 Å². The second kappa shape index (κ2) is 10.8. The van der Waals surface area contributed by atoms with Crippen molar-refractivity contribution in [3.8, 4) is 18.0 Å². The highest BCUT2D eigenvalue weighted by Crippen LogP contribution is 2.21. The lowest BCUT2D eigenvalue weighted by Crippen LogP contribution is -2.41. The van der Waals surface area contributed by atoms with E-state index in [1.165, 1.54) is 21.9 Å². The van der Waals surface area contributed by atoms with Crippen LogP contribution in [0.2, 0.25) is 0 Å². The van der Waals surface area contributed by atoms with Crippen LogP contribution in [0.25, 0.3) is 5.69 Å². The highest BCUT2D eigenvalue weighted by atomic mass is 32.2. The van der Waals surface area contributed by atoms with E-state index in [2.05, 4.69) is 5.92 Å². The average molecular weight is 520 g/mol. The summed E-state index contributed by atoms with van der Waals surface area (Å²) in [6.45, 7) is 0.273. The number of hydrogen-bond donors (Lipinski definition) is 0. The molecule has 3 aromatic rings. The first-order valence-electron chi connectivity index (χ1n) is 11.6. The van der Waals surface area contributed by atoms with E-state index in [1.54, 1.807) is 60.4 Å². The van der Waals surface area contributed by atoms with Gasteiger partial charge in [0.2, 0.25) is 5.91 Å². The number of rotatable bonds is 8. The van der Waals surface area contributed by atoms with Crippen LogP contribution in [-0.4, -0.2) is 60.0 Å². The SMILES string of the molecule is C#CCN(C)C(=O)c1ccc(CN(C(=O)Cc2ccc(-n3cccc3)cc2F)C2C=CS(=O)(=O)C2)cc1. The Kier molecular flexibility index (Phi) is 7.60. The van der Waals surface area contributed by atoms with Gasteiger partial charge < -0.3 is 14.4 Å². The first-order chi connectivity index (χ1) is 17.7. The molecule has 7 nitrogen and oxygen atoms in total. The molecule has 0 N–H and O–H groups in total. The number of amides is 2. The molecule has 0 aliphatic carbocycles. The Bertz CT molecular complexity index is 1470. The number of sulfone groups is 1. The van der Waals surface area contributed by atoms with Crippen molar-refractivity contribution in [3.05, 3.63) is 101 Å². The maximum atomic E-state index is 14.9. The molecule has 1 aromatic heterocycles. The van der Waals surface area contributed by atoms with E-state index in [0.29, 0.717) is 16.8 Å². The fourth-order valence-corrected chi connectivity index (χ4v) is 5.43. The lowest BCUT2D eigenvalue weighted by atomic mass is 10.1. The Morgan fingerprint density at radius 3 is 2.43 bits per heavy atom. The highest BCUT2D eigenvalue weighted by molar-refractivity contribution is 7.94. The molecule has 2 amide bonds. The van der Waals surface area contributed by atoms with Crippen molar-refractivity contribution >= 4 is 21.7 Å². The van der Waals surface area contributed by atoms with E-state index in [0.717, 1.165) is 5.41 Å². The van der Waals surface area contributed by atoms with Crippen LogP contribution in [0, 0.1) is 18.2 Å². The maximum Gasteiger partial charge on any atom is 0.254 e. The van der Waals surface area contributed by atoms with Crippen molar-refractivity contribution in [1.82, 2.24) is 14.4 Å². The van der Waals surface area contributed by atoms with Gasteiger partial charge in [0.1, 0.15) is 5.82 Å². The van der Waals surface area contributed by atoms with Crippen molar-refractivity contribution in [2.75, 3.05) is 19.3 Å². The van der Waals surface area contributed by atoms with Gasteiger partial charge >= 0.3 is 0 Å². The Labute approximate surface area is 215 Å². The molecule has 9 heteroatoms. The molecule has 0 bridgehead atoms.